The van der Waals surface area contributed by atoms with Crippen LogP contribution in [0.1, 0.15) is 35.5 Å². The van der Waals surface area contributed by atoms with E-state index in [0.717, 1.165) is 41.5 Å². The predicted molar refractivity (Wildman–Crippen MR) is 112 cm³/mol. The summed E-state index contributed by atoms with van der Waals surface area (Å²) in [6.45, 7) is 0.594. The molecule has 0 saturated carbocycles. The highest BCUT2D eigenvalue weighted by atomic mass is 32.2. The number of rotatable bonds is 7. The lowest BCUT2D eigenvalue weighted by atomic mass is 9.97. The second-order valence-corrected chi connectivity index (χ2v) is 8.83. The van der Waals surface area contributed by atoms with Crippen molar-refractivity contribution in [3.05, 3.63) is 45.0 Å². The van der Waals surface area contributed by atoms with Crippen LogP contribution in [0, 0.1) is 11.3 Å². The van der Waals surface area contributed by atoms with Gasteiger partial charge in [0.2, 0.25) is 5.91 Å². The Morgan fingerprint density at radius 2 is 2.28 bits per heavy atom. The van der Waals surface area contributed by atoms with Crippen molar-refractivity contribution in [3.63, 3.8) is 0 Å². The number of carbonyl (C=O) groups is 1. The molecule has 7 nitrogen and oxygen atoms in total. The van der Waals surface area contributed by atoms with Gasteiger partial charge in [-0.3, -0.25) is 14.2 Å². The maximum absolute atomic E-state index is 13.4. The van der Waals surface area contributed by atoms with Crippen molar-refractivity contribution in [2.45, 2.75) is 43.8 Å². The lowest BCUT2D eigenvalue weighted by molar-refractivity contribution is -0.118. The highest BCUT2D eigenvalue weighted by Crippen LogP contribution is 2.34. The van der Waals surface area contributed by atoms with Crippen LogP contribution in [0.3, 0.4) is 0 Å². The fraction of sp³-hybridized carbons (Fsp3) is 0.400. The number of nitrogens with zero attached hydrogens (tertiary/aromatic N) is 3. The van der Waals surface area contributed by atoms with E-state index in [-0.39, 0.29) is 30.2 Å². The van der Waals surface area contributed by atoms with Crippen LogP contribution in [-0.2, 0) is 24.2 Å². The van der Waals surface area contributed by atoms with E-state index in [0.29, 0.717) is 17.5 Å². The first-order chi connectivity index (χ1) is 14.2. The maximum atomic E-state index is 13.4. The standard InChI is InChI=1S/C20H20N4O3S2/c21-8-4-9-22-16(25)12-28-20-23-18-17(14-6-1-2-7-15(14)29-18)19(26)24(20)11-13-5-3-10-27-13/h3,5,10H,1-2,4,6-7,9,11-12H2,(H,22,25). The van der Waals surface area contributed by atoms with E-state index >= 15 is 0 Å². The Bertz CT molecular complexity index is 1130. The van der Waals surface area contributed by atoms with E-state index < -0.39 is 0 Å². The Morgan fingerprint density at radius 1 is 1.41 bits per heavy atom. The van der Waals surface area contributed by atoms with Crippen LogP contribution < -0.4 is 10.9 Å². The third kappa shape index (κ3) is 4.23. The molecule has 29 heavy (non-hydrogen) atoms. The fourth-order valence-electron chi connectivity index (χ4n) is 3.47. The SMILES string of the molecule is N#CCCNC(=O)CSc1nc2sc3c(c2c(=O)n1Cc1ccco1)CCCC3. The number of carbonyl (C=O) groups excluding carboxylic acids is 1. The quantitative estimate of drug-likeness (QED) is 0.353. The molecule has 1 N–H and O–H groups in total. The number of amides is 1. The van der Waals surface area contributed by atoms with E-state index in [2.05, 4.69) is 5.32 Å². The lowest BCUT2D eigenvalue weighted by Crippen LogP contribution is -2.27. The first kappa shape index (κ1) is 19.7. The van der Waals surface area contributed by atoms with Crippen LogP contribution in [0.4, 0.5) is 0 Å². The number of aryl methyl sites for hydroxylation is 2. The summed E-state index contributed by atoms with van der Waals surface area (Å²) in [7, 11) is 0. The number of fused-ring (bicyclic) bond motifs is 3. The second kappa shape index (κ2) is 8.84. The molecule has 0 unspecified atom stereocenters. The number of hydrogen-bond acceptors (Lipinski definition) is 7. The van der Waals surface area contributed by atoms with Crippen molar-refractivity contribution in [2.75, 3.05) is 12.3 Å². The zero-order valence-corrected chi connectivity index (χ0v) is 17.4. The number of thioether (sulfide) groups is 1. The van der Waals surface area contributed by atoms with Crippen molar-refractivity contribution >= 4 is 39.2 Å². The molecule has 0 aromatic carbocycles. The van der Waals surface area contributed by atoms with Crippen LogP contribution in [0.2, 0.25) is 0 Å². The third-order valence-corrected chi connectivity index (χ3v) is 6.99. The monoisotopic (exact) mass is 428 g/mol. The van der Waals surface area contributed by atoms with Gasteiger partial charge in [0.05, 0.1) is 36.4 Å². The highest BCUT2D eigenvalue weighted by molar-refractivity contribution is 7.99. The van der Waals surface area contributed by atoms with Gasteiger partial charge in [-0.05, 0) is 43.4 Å². The van der Waals surface area contributed by atoms with E-state index in [1.807, 2.05) is 12.1 Å². The van der Waals surface area contributed by atoms with E-state index in [1.165, 1.54) is 16.6 Å². The molecule has 3 aromatic rings. The lowest BCUT2D eigenvalue weighted by Gasteiger charge is -2.12. The average molecular weight is 429 g/mol. The van der Waals surface area contributed by atoms with E-state index in [4.69, 9.17) is 14.7 Å². The molecule has 150 valence electrons. The topological polar surface area (TPSA) is 101 Å². The number of nitriles is 1. The van der Waals surface area contributed by atoms with Gasteiger partial charge in [0, 0.05) is 11.4 Å². The first-order valence-electron chi connectivity index (χ1n) is 9.51. The van der Waals surface area contributed by atoms with Crippen LogP contribution >= 0.6 is 23.1 Å². The Morgan fingerprint density at radius 3 is 3.07 bits per heavy atom. The molecule has 3 aromatic heterocycles. The molecule has 1 aliphatic carbocycles. The fourth-order valence-corrected chi connectivity index (χ4v) is 5.60. The van der Waals surface area contributed by atoms with Gasteiger partial charge in [-0.1, -0.05) is 11.8 Å². The number of aromatic nitrogens is 2. The Labute approximate surface area is 175 Å². The number of nitrogens with one attached hydrogen (secondary N) is 1. The Balaban J connectivity index is 1.68. The van der Waals surface area contributed by atoms with Crippen LogP contribution in [0.25, 0.3) is 10.2 Å². The van der Waals surface area contributed by atoms with Crippen LogP contribution in [0.5, 0.6) is 0 Å². The zero-order valence-electron chi connectivity index (χ0n) is 15.8. The molecule has 0 saturated heterocycles. The van der Waals surface area contributed by atoms with Gasteiger partial charge in [0.1, 0.15) is 10.6 Å². The summed E-state index contributed by atoms with van der Waals surface area (Å²) >= 11 is 2.83. The summed E-state index contributed by atoms with van der Waals surface area (Å²) < 4.78 is 7.05. The van der Waals surface area contributed by atoms with Gasteiger partial charge >= 0.3 is 0 Å². The Kier molecular flexibility index (Phi) is 6.02. The minimum atomic E-state index is -0.186. The smallest absolute Gasteiger partial charge is 0.263 e. The molecule has 0 atom stereocenters. The van der Waals surface area contributed by atoms with Crippen molar-refractivity contribution in [3.8, 4) is 6.07 Å². The summed E-state index contributed by atoms with van der Waals surface area (Å²) in [6.07, 6.45) is 6.00. The largest absolute Gasteiger partial charge is 0.467 e. The predicted octanol–water partition coefficient (Wildman–Crippen LogP) is 3.10. The molecule has 0 radical (unpaired) electrons. The number of thiophene rings is 1. The van der Waals surface area contributed by atoms with Crippen molar-refractivity contribution < 1.29 is 9.21 Å². The molecule has 1 aliphatic rings. The van der Waals surface area contributed by atoms with Crippen molar-refractivity contribution in [1.29, 1.82) is 5.26 Å². The molecule has 9 heteroatoms. The molecule has 3 heterocycles. The molecular formula is C20H20N4O3S2. The van der Waals surface area contributed by atoms with Crippen molar-refractivity contribution in [2.24, 2.45) is 0 Å². The average Bonchev–Trinajstić information content (AvgIpc) is 3.36. The molecule has 0 fully saturated rings. The van der Waals surface area contributed by atoms with Crippen molar-refractivity contribution in [1.82, 2.24) is 14.9 Å². The van der Waals surface area contributed by atoms with E-state index in [1.54, 1.807) is 28.2 Å². The summed E-state index contributed by atoms with van der Waals surface area (Å²) in [4.78, 5) is 32.2. The number of hydrogen-bond donors (Lipinski definition) is 1. The summed E-state index contributed by atoms with van der Waals surface area (Å²) in [5, 5.41) is 12.5. The zero-order chi connectivity index (χ0) is 20.2. The third-order valence-electron chi connectivity index (χ3n) is 4.83. The van der Waals surface area contributed by atoms with Gasteiger partial charge in [-0.25, -0.2) is 4.98 Å². The molecule has 0 spiro atoms. The van der Waals surface area contributed by atoms with Crippen LogP contribution in [-0.4, -0.2) is 27.8 Å². The molecular weight excluding hydrogens is 408 g/mol. The van der Waals surface area contributed by atoms with Gasteiger partial charge in [0.15, 0.2) is 5.16 Å². The molecule has 4 rings (SSSR count). The molecule has 0 aliphatic heterocycles. The summed E-state index contributed by atoms with van der Waals surface area (Å²) in [5.74, 6) is 0.611. The highest BCUT2D eigenvalue weighted by Gasteiger charge is 2.23. The summed E-state index contributed by atoms with van der Waals surface area (Å²) in [5.41, 5.74) is 1.07. The molecule has 0 bridgehead atoms. The first-order valence-corrected chi connectivity index (χ1v) is 11.3. The minimum Gasteiger partial charge on any atom is -0.467 e. The van der Waals surface area contributed by atoms with Gasteiger partial charge in [-0.2, -0.15) is 5.26 Å². The van der Waals surface area contributed by atoms with Crippen LogP contribution in [0.15, 0.2) is 32.8 Å². The normalized spacial score (nSPS) is 13.2. The second-order valence-electron chi connectivity index (χ2n) is 6.80. The van der Waals surface area contributed by atoms with Gasteiger partial charge in [0.25, 0.3) is 5.56 Å². The van der Waals surface area contributed by atoms with E-state index in [9.17, 15) is 9.59 Å². The maximum Gasteiger partial charge on any atom is 0.263 e. The Hall–Kier alpha value is -2.57. The summed E-state index contributed by atoms with van der Waals surface area (Å²) in [6, 6.07) is 5.60. The minimum absolute atomic E-state index is 0.0711. The van der Waals surface area contributed by atoms with Gasteiger partial charge < -0.3 is 9.73 Å². The number of furan rings is 1. The van der Waals surface area contributed by atoms with Gasteiger partial charge in [-0.15, -0.1) is 11.3 Å². The molecule has 1 amide bonds.